The molecule has 0 spiro atoms. The molecule has 1 unspecified atom stereocenters. The van der Waals surface area contributed by atoms with Crippen LogP contribution in [0.4, 0.5) is 0 Å². The molecule has 1 fully saturated rings. The van der Waals surface area contributed by atoms with Crippen LogP contribution in [0.5, 0.6) is 0 Å². The van der Waals surface area contributed by atoms with Crippen molar-refractivity contribution < 1.29 is 19.1 Å². The maximum absolute atomic E-state index is 11.2. The second kappa shape index (κ2) is 2.92. The number of esters is 2. The molecular weight excluding hydrogens is 162 g/mol. The predicted molar refractivity (Wildman–Crippen MR) is 37.9 cm³/mol. The molecule has 5 nitrogen and oxygen atoms in total. The van der Waals surface area contributed by atoms with Gasteiger partial charge in [0.2, 0.25) is 5.91 Å². The molecule has 1 aliphatic rings. The Morgan fingerprint density at radius 1 is 1.50 bits per heavy atom. The van der Waals surface area contributed by atoms with Gasteiger partial charge in [-0.2, -0.15) is 0 Å². The molecular formula is C7H9NO4. The Kier molecular flexibility index (Phi) is 2.12. The van der Waals surface area contributed by atoms with Gasteiger partial charge in [0.1, 0.15) is 5.92 Å². The first-order valence-electron chi connectivity index (χ1n) is 3.48. The molecule has 0 saturated carbocycles. The normalized spacial score (nSPS) is 22.3. The summed E-state index contributed by atoms with van der Waals surface area (Å²) in [6.07, 6.45) is -0.129. The Labute approximate surface area is 69.3 Å². The van der Waals surface area contributed by atoms with E-state index in [2.05, 4.69) is 4.74 Å². The maximum atomic E-state index is 11.2. The molecule has 0 radical (unpaired) electrons. The highest BCUT2D eigenvalue weighted by atomic mass is 16.6. The van der Waals surface area contributed by atoms with Crippen LogP contribution in [0.25, 0.3) is 0 Å². The first-order chi connectivity index (χ1) is 5.52. The van der Waals surface area contributed by atoms with Crippen LogP contribution in [0.15, 0.2) is 0 Å². The van der Waals surface area contributed by atoms with E-state index in [0.717, 1.165) is 0 Å². The van der Waals surface area contributed by atoms with E-state index in [9.17, 15) is 14.4 Å². The number of carbonyl (C=O) groups is 3. The van der Waals surface area contributed by atoms with Crippen LogP contribution in [-0.4, -0.2) is 36.8 Å². The van der Waals surface area contributed by atoms with E-state index in [0.29, 0.717) is 0 Å². The van der Waals surface area contributed by atoms with Gasteiger partial charge in [0.25, 0.3) is 0 Å². The van der Waals surface area contributed by atoms with Crippen molar-refractivity contribution >= 4 is 17.8 Å². The van der Waals surface area contributed by atoms with Crippen LogP contribution in [0.2, 0.25) is 0 Å². The molecule has 5 heteroatoms. The maximum Gasteiger partial charge on any atom is 0.326 e. The van der Waals surface area contributed by atoms with Gasteiger partial charge in [0.15, 0.2) is 0 Å². The molecule has 0 aromatic heterocycles. The van der Waals surface area contributed by atoms with Gasteiger partial charge < -0.3 is 9.64 Å². The molecule has 1 saturated heterocycles. The van der Waals surface area contributed by atoms with Crippen LogP contribution in [0.3, 0.4) is 0 Å². The zero-order valence-corrected chi connectivity index (χ0v) is 6.86. The van der Waals surface area contributed by atoms with Crippen LogP contribution in [0.1, 0.15) is 6.42 Å². The van der Waals surface area contributed by atoms with Crippen molar-refractivity contribution in [3.63, 3.8) is 0 Å². The number of carbonyl (C=O) groups excluding carboxylic acids is 3. The lowest BCUT2D eigenvalue weighted by Gasteiger charge is -2.11. The summed E-state index contributed by atoms with van der Waals surface area (Å²) in [5.41, 5.74) is 0. The minimum atomic E-state index is -0.924. The Balaban J connectivity index is 2.71. The molecule has 1 atom stereocenters. The summed E-state index contributed by atoms with van der Waals surface area (Å²) in [5, 5.41) is 0. The zero-order valence-electron chi connectivity index (χ0n) is 6.86. The van der Waals surface area contributed by atoms with Crippen molar-refractivity contribution in [2.45, 2.75) is 6.42 Å². The van der Waals surface area contributed by atoms with Gasteiger partial charge in [-0.1, -0.05) is 0 Å². The van der Waals surface area contributed by atoms with Crippen molar-refractivity contribution in [1.29, 1.82) is 0 Å². The van der Waals surface area contributed by atoms with Gasteiger partial charge in [0.05, 0.1) is 6.42 Å². The van der Waals surface area contributed by atoms with Crippen LogP contribution < -0.4 is 0 Å². The smallest absolute Gasteiger partial charge is 0.326 e. The number of amides is 1. The summed E-state index contributed by atoms with van der Waals surface area (Å²) in [6.45, 7) is 0. The van der Waals surface area contributed by atoms with Crippen LogP contribution in [0, 0.1) is 5.92 Å². The average molecular weight is 171 g/mol. The summed E-state index contributed by atoms with van der Waals surface area (Å²) >= 11 is 0. The van der Waals surface area contributed by atoms with Gasteiger partial charge in [-0.15, -0.1) is 0 Å². The van der Waals surface area contributed by atoms with Crippen LogP contribution >= 0.6 is 0 Å². The second-order valence-electron chi connectivity index (χ2n) is 2.78. The lowest BCUT2D eigenvalue weighted by atomic mass is 10.1. The van der Waals surface area contributed by atoms with Gasteiger partial charge >= 0.3 is 11.9 Å². The number of rotatable bonds is 1. The standard InChI is InChI=1S/C7H9NO4/c1-8(2)6(10)4-3-5(9)12-7(4)11/h4H,3H2,1-2H3. The van der Waals surface area contributed by atoms with Gasteiger partial charge in [0, 0.05) is 14.1 Å². The topological polar surface area (TPSA) is 63.7 Å². The first-order valence-corrected chi connectivity index (χ1v) is 3.48. The molecule has 0 aromatic carbocycles. The van der Waals surface area contributed by atoms with Crippen molar-refractivity contribution in [3.05, 3.63) is 0 Å². The number of cyclic esters (lactones) is 2. The fourth-order valence-electron chi connectivity index (χ4n) is 0.975. The lowest BCUT2D eigenvalue weighted by molar-refractivity contribution is -0.154. The molecule has 1 amide bonds. The largest absolute Gasteiger partial charge is 0.393 e. The second-order valence-corrected chi connectivity index (χ2v) is 2.78. The van der Waals surface area contributed by atoms with E-state index in [1.54, 1.807) is 0 Å². The third kappa shape index (κ3) is 1.44. The summed E-state index contributed by atoms with van der Waals surface area (Å²) < 4.78 is 4.22. The molecule has 1 heterocycles. The molecule has 0 aromatic rings. The third-order valence-electron chi connectivity index (χ3n) is 1.61. The minimum absolute atomic E-state index is 0.129. The summed E-state index contributed by atoms with van der Waals surface area (Å²) in [4.78, 5) is 33.9. The molecule has 0 bridgehead atoms. The van der Waals surface area contributed by atoms with Crippen molar-refractivity contribution in [1.82, 2.24) is 4.90 Å². The van der Waals surface area contributed by atoms with E-state index < -0.39 is 17.9 Å². The number of hydrogen-bond acceptors (Lipinski definition) is 4. The number of hydrogen-bond donors (Lipinski definition) is 0. The number of nitrogens with zero attached hydrogens (tertiary/aromatic N) is 1. The van der Waals surface area contributed by atoms with E-state index in [-0.39, 0.29) is 12.3 Å². The molecule has 0 N–H and O–H groups in total. The number of ether oxygens (including phenoxy) is 1. The van der Waals surface area contributed by atoms with Gasteiger partial charge in [-0.3, -0.25) is 14.4 Å². The summed E-state index contributed by atoms with van der Waals surface area (Å²) in [5.74, 6) is -2.67. The predicted octanol–water partition coefficient (Wildman–Crippen LogP) is -0.836. The average Bonchev–Trinajstić information content (AvgIpc) is 2.28. The van der Waals surface area contributed by atoms with E-state index >= 15 is 0 Å². The Hall–Kier alpha value is -1.39. The van der Waals surface area contributed by atoms with Crippen molar-refractivity contribution in [3.8, 4) is 0 Å². The highest BCUT2D eigenvalue weighted by molar-refractivity contribution is 6.07. The molecule has 1 rings (SSSR count). The zero-order chi connectivity index (χ0) is 9.30. The highest BCUT2D eigenvalue weighted by Gasteiger charge is 2.39. The SMILES string of the molecule is CN(C)C(=O)C1CC(=O)OC1=O. The monoisotopic (exact) mass is 171 g/mol. The lowest BCUT2D eigenvalue weighted by Crippen LogP contribution is -2.32. The molecule has 1 aliphatic heterocycles. The van der Waals surface area contributed by atoms with E-state index in [1.807, 2.05) is 0 Å². The molecule has 66 valence electrons. The Morgan fingerprint density at radius 3 is 2.42 bits per heavy atom. The summed E-state index contributed by atoms with van der Waals surface area (Å²) in [6, 6.07) is 0. The Morgan fingerprint density at radius 2 is 2.08 bits per heavy atom. The minimum Gasteiger partial charge on any atom is -0.393 e. The van der Waals surface area contributed by atoms with Gasteiger partial charge in [-0.05, 0) is 0 Å². The first kappa shape index (κ1) is 8.70. The molecule has 0 aliphatic carbocycles. The fourth-order valence-corrected chi connectivity index (χ4v) is 0.975. The molecule has 12 heavy (non-hydrogen) atoms. The van der Waals surface area contributed by atoms with E-state index in [4.69, 9.17) is 0 Å². The van der Waals surface area contributed by atoms with Gasteiger partial charge in [-0.25, -0.2) is 0 Å². The van der Waals surface area contributed by atoms with Crippen molar-refractivity contribution in [2.24, 2.45) is 5.92 Å². The van der Waals surface area contributed by atoms with Crippen LogP contribution in [-0.2, 0) is 19.1 Å². The summed E-state index contributed by atoms with van der Waals surface area (Å²) in [7, 11) is 3.05. The quantitative estimate of drug-likeness (QED) is 0.381. The Bertz CT molecular complexity index is 246. The third-order valence-corrected chi connectivity index (χ3v) is 1.61. The highest BCUT2D eigenvalue weighted by Crippen LogP contribution is 2.17. The fraction of sp³-hybridized carbons (Fsp3) is 0.571. The van der Waals surface area contributed by atoms with Crippen molar-refractivity contribution in [2.75, 3.05) is 14.1 Å². The van der Waals surface area contributed by atoms with E-state index in [1.165, 1.54) is 19.0 Å².